The lowest BCUT2D eigenvalue weighted by Gasteiger charge is -2.48. The zero-order chi connectivity index (χ0) is 20.5. The minimum absolute atomic E-state index is 0.246. The molecule has 9 heteroatoms. The molecule has 0 radical (unpaired) electrons. The van der Waals surface area contributed by atoms with E-state index in [1.165, 1.54) is 0 Å². The van der Waals surface area contributed by atoms with Crippen LogP contribution in [0.3, 0.4) is 0 Å². The van der Waals surface area contributed by atoms with E-state index in [1.54, 1.807) is 17.1 Å². The van der Waals surface area contributed by atoms with Crippen LogP contribution in [0.2, 0.25) is 5.02 Å². The number of nitrogens with zero attached hydrogens (tertiary/aromatic N) is 8. The largest absolute Gasteiger partial charge is 0.351 e. The minimum Gasteiger partial charge on any atom is -0.351 e. The highest BCUT2D eigenvalue weighted by Gasteiger charge is 2.37. The van der Waals surface area contributed by atoms with Crippen LogP contribution < -0.4 is 4.90 Å². The summed E-state index contributed by atoms with van der Waals surface area (Å²) in [5.74, 6) is 0.689. The second-order valence-corrected chi connectivity index (χ2v) is 8.13. The standard InChI is InChI=1S/C21H21ClN8/c22-15-3-1-4-16(11-15)30-14-19(26-27-30)20-6-2-5-17-13-28(9-10-29(17)20)21-18(12-23)24-7-8-25-21/h1,3-4,7-8,11,14,17,20H,2,5-6,9-10,13H2/t17-,20+/m0/s1. The Morgan fingerprint density at radius 2 is 2.03 bits per heavy atom. The molecule has 0 unspecified atom stereocenters. The SMILES string of the molecule is N#Cc1nccnc1N1CCN2[C@@H](CCC[C@@H]2c2cn(-c3cccc(Cl)c3)nn2)C1. The predicted octanol–water partition coefficient (Wildman–Crippen LogP) is 3.00. The summed E-state index contributed by atoms with van der Waals surface area (Å²) in [5, 5.41) is 18.9. The molecule has 0 amide bonds. The van der Waals surface area contributed by atoms with E-state index < -0.39 is 0 Å². The topological polar surface area (TPSA) is 86.8 Å². The van der Waals surface area contributed by atoms with E-state index in [2.05, 4.69) is 36.1 Å². The molecule has 2 fully saturated rings. The Kier molecular flexibility index (Phi) is 5.07. The number of hydrogen-bond acceptors (Lipinski definition) is 7. The highest BCUT2D eigenvalue weighted by molar-refractivity contribution is 6.30. The van der Waals surface area contributed by atoms with Gasteiger partial charge in [-0.05, 0) is 37.5 Å². The molecule has 4 heterocycles. The number of nitriles is 1. The summed E-state index contributed by atoms with van der Waals surface area (Å²) < 4.78 is 1.79. The molecule has 2 atom stereocenters. The van der Waals surface area contributed by atoms with Crippen LogP contribution in [0.25, 0.3) is 5.69 Å². The maximum absolute atomic E-state index is 9.37. The molecule has 2 aliphatic heterocycles. The van der Waals surface area contributed by atoms with Gasteiger partial charge in [-0.15, -0.1) is 5.10 Å². The molecule has 0 N–H and O–H groups in total. The van der Waals surface area contributed by atoms with Gasteiger partial charge >= 0.3 is 0 Å². The van der Waals surface area contributed by atoms with Crippen molar-refractivity contribution < 1.29 is 0 Å². The van der Waals surface area contributed by atoms with Gasteiger partial charge in [0.2, 0.25) is 0 Å². The van der Waals surface area contributed by atoms with Crippen LogP contribution in [-0.2, 0) is 0 Å². The third-order valence-electron chi connectivity index (χ3n) is 5.95. The molecule has 1 aromatic carbocycles. The maximum Gasteiger partial charge on any atom is 0.183 e. The van der Waals surface area contributed by atoms with Crippen molar-refractivity contribution >= 4 is 17.4 Å². The first-order chi connectivity index (χ1) is 14.7. The van der Waals surface area contributed by atoms with E-state index in [0.717, 1.165) is 50.3 Å². The van der Waals surface area contributed by atoms with E-state index in [1.807, 2.05) is 30.5 Å². The molecule has 0 aliphatic carbocycles. The number of hydrogen-bond donors (Lipinski definition) is 0. The summed E-state index contributed by atoms with van der Waals surface area (Å²) in [6, 6.07) is 10.4. The van der Waals surface area contributed by atoms with Crippen LogP contribution >= 0.6 is 11.6 Å². The smallest absolute Gasteiger partial charge is 0.183 e. The third-order valence-corrected chi connectivity index (χ3v) is 6.19. The molecular weight excluding hydrogens is 400 g/mol. The van der Waals surface area contributed by atoms with Gasteiger partial charge in [-0.25, -0.2) is 14.6 Å². The average Bonchev–Trinajstić information content (AvgIpc) is 3.28. The highest BCUT2D eigenvalue weighted by atomic mass is 35.5. The number of aromatic nitrogens is 5. The minimum atomic E-state index is 0.246. The molecule has 3 aromatic rings. The van der Waals surface area contributed by atoms with E-state index in [-0.39, 0.29) is 6.04 Å². The Labute approximate surface area is 179 Å². The Morgan fingerprint density at radius 3 is 2.90 bits per heavy atom. The molecule has 0 spiro atoms. The molecular formula is C21H21ClN8. The fourth-order valence-electron chi connectivity index (χ4n) is 4.57. The van der Waals surface area contributed by atoms with Crippen LogP contribution in [0, 0.1) is 11.3 Å². The van der Waals surface area contributed by atoms with Crippen molar-refractivity contribution in [3.05, 3.63) is 59.3 Å². The van der Waals surface area contributed by atoms with Gasteiger partial charge in [-0.3, -0.25) is 4.90 Å². The number of benzene rings is 1. The van der Waals surface area contributed by atoms with Gasteiger partial charge in [-0.2, -0.15) is 5.26 Å². The van der Waals surface area contributed by atoms with Gasteiger partial charge in [0.25, 0.3) is 0 Å². The van der Waals surface area contributed by atoms with E-state index in [9.17, 15) is 5.26 Å². The van der Waals surface area contributed by atoms with Crippen LogP contribution in [0.1, 0.15) is 36.7 Å². The molecule has 0 saturated carbocycles. The van der Waals surface area contributed by atoms with Crippen LogP contribution in [0.4, 0.5) is 5.82 Å². The average molecular weight is 421 g/mol. The van der Waals surface area contributed by atoms with E-state index >= 15 is 0 Å². The molecule has 0 bridgehead atoms. The van der Waals surface area contributed by atoms with Gasteiger partial charge < -0.3 is 4.90 Å². The van der Waals surface area contributed by atoms with Gasteiger partial charge in [0, 0.05) is 43.1 Å². The van der Waals surface area contributed by atoms with Crippen molar-refractivity contribution in [3.63, 3.8) is 0 Å². The zero-order valence-electron chi connectivity index (χ0n) is 16.4. The molecule has 2 aromatic heterocycles. The normalized spacial score (nSPS) is 21.8. The van der Waals surface area contributed by atoms with Crippen LogP contribution in [0.5, 0.6) is 0 Å². The second kappa shape index (κ2) is 8.01. The van der Waals surface area contributed by atoms with Gasteiger partial charge in [0.15, 0.2) is 11.5 Å². The van der Waals surface area contributed by atoms with Crippen molar-refractivity contribution in [2.45, 2.75) is 31.3 Å². The van der Waals surface area contributed by atoms with Crippen molar-refractivity contribution in [3.8, 4) is 11.8 Å². The number of fused-ring (bicyclic) bond motifs is 1. The number of anilines is 1. The highest BCUT2D eigenvalue weighted by Crippen LogP contribution is 2.36. The first kappa shape index (κ1) is 19.0. The molecule has 2 saturated heterocycles. The summed E-state index contributed by atoms with van der Waals surface area (Å²) >= 11 is 6.12. The first-order valence-corrected chi connectivity index (χ1v) is 10.5. The van der Waals surface area contributed by atoms with Gasteiger partial charge in [0.05, 0.1) is 17.9 Å². The molecule has 30 heavy (non-hydrogen) atoms. The molecule has 2 aliphatic rings. The monoisotopic (exact) mass is 420 g/mol. The van der Waals surface area contributed by atoms with Gasteiger partial charge in [-0.1, -0.05) is 22.9 Å². The van der Waals surface area contributed by atoms with Crippen molar-refractivity contribution in [1.29, 1.82) is 5.26 Å². The molecule has 152 valence electrons. The number of piperazine rings is 1. The predicted molar refractivity (Wildman–Crippen MR) is 112 cm³/mol. The fourth-order valence-corrected chi connectivity index (χ4v) is 4.76. The lowest BCUT2D eigenvalue weighted by molar-refractivity contribution is 0.0691. The van der Waals surface area contributed by atoms with E-state index in [0.29, 0.717) is 22.6 Å². The van der Waals surface area contributed by atoms with Crippen LogP contribution in [0.15, 0.2) is 42.9 Å². The van der Waals surface area contributed by atoms with E-state index in [4.69, 9.17) is 11.6 Å². The number of piperidine rings is 1. The fraction of sp³-hybridized carbons (Fsp3) is 0.381. The summed E-state index contributed by atoms with van der Waals surface area (Å²) in [5.41, 5.74) is 2.29. The summed E-state index contributed by atoms with van der Waals surface area (Å²) in [6.45, 7) is 2.54. The quantitative estimate of drug-likeness (QED) is 0.643. The molecule has 8 nitrogen and oxygen atoms in total. The third kappa shape index (κ3) is 3.51. The lowest BCUT2D eigenvalue weighted by Crippen LogP contribution is -2.56. The van der Waals surface area contributed by atoms with Crippen LogP contribution in [-0.4, -0.2) is 55.5 Å². The van der Waals surface area contributed by atoms with Crippen molar-refractivity contribution in [2.75, 3.05) is 24.5 Å². The summed E-state index contributed by atoms with van der Waals surface area (Å²) in [4.78, 5) is 13.3. The second-order valence-electron chi connectivity index (χ2n) is 7.69. The van der Waals surface area contributed by atoms with Crippen molar-refractivity contribution in [1.82, 2.24) is 29.9 Å². The van der Waals surface area contributed by atoms with Gasteiger partial charge in [0.1, 0.15) is 11.8 Å². The maximum atomic E-state index is 9.37. The Hall–Kier alpha value is -3.02. The van der Waals surface area contributed by atoms with Crippen molar-refractivity contribution in [2.24, 2.45) is 0 Å². The zero-order valence-corrected chi connectivity index (χ0v) is 17.2. The molecule has 5 rings (SSSR count). The lowest BCUT2D eigenvalue weighted by atomic mass is 9.92. The number of rotatable bonds is 3. The first-order valence-electron chi connectivity index (χ1n) is 10.1. The Balaban J connectivity index is 1.35. The summed E-state index contributed by atoms with van der Waals surface area (Å²) in [6.07, 6.45) is 8.56. The summed E-state index contributed by atoms with van der Waals surface area (Å²) in [7, 11) is 0. The Morgan fingerprint density at radius 1 is 1.13 bits per heavy atom. The number of halogens is 1. The Bertz CT molecular complexity index is 1090.